The molecule has 0 aromatic heterocycles. The second-order valence-corrected chi connectivity index (χ2v) is 5.54. The van der Waals surface area contributed by atoms with Crippen molar-refractivity contribution in [2.45, 2.75) is 26.3 Å². The molecule has 6 heteroatoms. The summed E-state index contributed by atoms with van der Waals surface area (Å²) < 4.78 is 18.9. The number of benzene rings is 1. The maximum atomic E-state index is 14.1. The van der Waals surface area contributed by atoms with Gasteiger partial charge in [0.25, 0.3) is 0 Å². The quantitative estimate of drug-likeness (QED) is 0.832. The van der Waals surface area contributed by atoms with Gasteiger partial charge in [-0.3, -0.25) is 0 Å². The SMILES string of the molecule is COC(=O)C(CC(C)C)Nc1ccc(C#N)c(Br)c1F. The Kier molecular flexibility index (Phi) is 5.96. The first kappa shape index (κ1) is 16.4. The highest BCUT2D eigenvalue weighted by Gasteiger charge is 2.22. The van der Waals surface area contributed by atoms with Gasteiger partial charge in [-0.1, -0.05) is 13.8 Å². The maximum Gasteiger partial charge on any atom is 0.328 e. The lowest BCUT2D eigenvalue weighted by atomic mass is 10.0. The van der Waals surface area contributed by atoms with Crippen LogP contribution in [0.2, 0.25) is 0 Å². The normalized spacial score (nSPS) is 11.8. The third-order valence-electron chi connectivity index (χ3n) is 2.73. The highest BCUT2D eigenvalue weighted by molar-refractivity contribution is 9.10. The largest absolute Gasteiger partial charge is 0.467 e. The summed E-state index contributed by atoms with van der Waals surface area (Å²) in [5.41, 5.74) is 0.360. The van der Waals surface area contributed by atoms with E-state index in [1.54, 1.807) is 0 Å². The smallest absolute Gasteiger partial charge is 0.328 e. The minimum atomic E-state index is -0.630. The Hall–Kier alpha value is -1.61. The lowest BCUT2D eigenvalue weighted by molar-refractivity contribution is -0.141. The zero-order valence-electron chi connectivity index (χ0n) is 11.5. The zero-order chi connectivity index (χ0) is 15.3. The number of ether oxygens (including phenoxy) is 1. The van der Waals surface area contributed by atoms with E-state index in [9.17, 15) is 9.18 Å². The van der Waals surface area contributed by atoms with Crippen LogP contribution in [0.15, 0.2) is 16.6 Å². The van der Waals surface area contributed by atoms with Gasteiger partial charge in [0.15, 0.2) is 5.82 Å². The van der Waals surface area contributed by atoms with Crippen LogP contribution in [-0.4, -0.2) is 19.1 Å². The number of methoxy groups -OCH3 is 1. The predicted molar refractivity (Wildman–Crippen MR) is 77.7 cm³/mol. The number of esters is 1. The molecule has 0 spiro atoms. The summed E-state index contributed by atoms with van der Waals surface area (Å²) in [7, 11) is 1.29. The van der Waals surface area contributed by atoms with E-state index < -0.39 is 17.8 Å². The number of nitrogens with one attached hydrogen (secondary N) is 1. The van der Waals surface area contributed by atoms with Gasteiger partial charge >= 0.3 is 5.97 Å². The molecule has 1 aromatic carbocycles. The highest BCUT2D eigenvalue weighted by Crippen LogP contribution is 2.27. The van der Waals surface area contributed by atoms with E-state index >= 15 is 0 Å². The van der Waals surface area contributed by atoms with Crippen LogP contribution in [0.3, 0.4) is 0 Å². The number of nitrogens with zero attached hydrogens (tertiary/aromatic N) is 1. The van der Waals surface area contributed by atoms with Crippen LogP contribution >= 0.6 is 15.9 Å². The van der Waals surface area contributed by atoms with Crippen LogP contribution in [0.5, 0.6) is 0 Å². The van der Waals surface area contributed by atoms with Crippen molar-refractivity contribution in [1.29, 1.82) is 5.26 Å². The first-order valence-corrected chi connectivity index (χ1v) is 6.92. The summed E-state index contributed by atoms with van der Waals surface area (Å²) in [6.07, 6.45) is 0.518. The number of halogens is 2. The Morgan fingerprint density at radius 1 is 1.55 bits per heavy atom. The number of rotatable bonds is 5. The van der Waals surface area contributed by atoms with Crippen molar-refractivity contribution in [3.63, 3.8) is 0 Å². The fourth-order valence-corrected chi connectivity index (χ4v) is 2.20. The average Bonchev–Trinajstić information content (AvgIpc) is 2.41. The molecule has 0 saturated carbocycles. The summed E-state index contributed by atoms with van der Waals surface area (Å²) in [4.78, 5) is 11.7. The summed E-state index contributed by atoms with van der Waals surface area (Å²) in [6, 6.07) is 4.17. The molecule has 0 aliphatic carbocycles. The number of hydrogen-bond acceptors (Lipinski definition) is 4. The van der Waals surface area contributed by atoms with E-state index in [1.165, 1.54) is 19.2 Å². The molecule has 1 atom stereocenters. The van der Waals surface area contributed by atoms with Crippen molar-refractivity contribution in [3.05, 3.63) is 28.0 Å². The van der Waals surface area contributed by atoms with Gasteiger partial charge in [-0.25, -0.2) is 9.18 Å². The fraction of sp³-hybridized carbons (Fsp3) is 0.429. The van der Waals surface area contributed by atoms with E-state index in [2.05, 4.69) is 21.2 Å². The molecular formula is C14H16BrFN2O2. The lowest BCUT2D eigenvalue weighted by Gasteiger charge is -2.20. The molecule has 0 fully saturated rings. The number of anilines is 1. The molecule has 0 aliphatic rings. The van der Waals surface area contributed by atoms with Gasteiger partial charge < -0.3 is 10.1 Å². The predicted octanol–water partition coefficient (Wildman–Crippen LogP) is 3.46. The van der Waals surface area contributed by atoms with Gasteiger partial charge in [-0.15, -0.1) is 0 Å². The third kappa shape index (κ3) is 3.94. The minimum Gasteiger partial charge on any atom is -0.467 e. The van der Waals surface area contributed by atoms with Gasteiger partial charge in [0.1, 0.15) is 12.1 Å². The summed E-state index contributed by atoms with van der Waals surface area (Å²) >= 11 is 3.03. The molecule has 0 aliphatic heterocycles. The zero-order valence-corrected chi connectivity index (χ0v) is 13.1. The van der Waals surface area contributed by atoms with Gasteiger partial charge in [-0.05, 0) is 40.4 Å². The second-order valence-electron chi connectivity index (χ2n) is 4.75. The van der Waals surface area contributed by atoms with E-state index in [0.29, 0.717) is 6.42 Å². The molecule has 1 N–H and O–H groups in total. The topological polar surface area (TPSA) is 62.1 Å². The van der Waals surface area contributed by atoms with Crippen molar-refractivity contribution in [1.82, 2.24) is 0 Å². The molecule has 108 valence electrons. The molecule has 1 aromatic rings. The van der Waals surface area contributed by atoms with E-state index in [0.717, 1.165) is 0 Å². The Bertz CT molecular complexity index is 541. The van der Waals surface area contributed by atoms with Crippen LogP contribution in [0.1, 0.15) is 25.8 Å². The second kappa shape index (κ2) is 7.25. The van der Waals surface area contributed by atoms with Crippen molar-refractivity contribution in [2.24, 2.45) is 5.92 Å². The first-order valence-electron chi connectivity index (χ1n) is 6.13. The molecule has 1 rings (SSSR count). The maximum absolute atomic E-state index is 14.1. The van der Waals surface area contributed by atoms with E-state index in [4.69, 9.17) is 10.00 Å². The van der Waals surface area contributed by atoms with Gasteiger partial charge in [0.05, 0.1) is 22.8 Å². The van der Waals surface area contributed by atoms with Gasteiger partial charge in [-0.2, -0.15) is 5.26 Å². The first-order chi connectivity index (χ1) is 9.40. The molecule has 0 radical (unpaired) electrons. The summed E-state index contributed by atoms with van der Waals surface area (Å²) in [5.74, 6) is -0.795. The molecule has 0 amide bonds. The monoisotopic (exact) mass is 342 g/mol. The summed E-state index contributed by atoms with van der Waals surface area (Å²) in [5, 5.41) is 11.7. The van der Waals surface area contributed by atoms with Gasteiger partial charge in [0.2, 0.25) is 0 Å². The highest BCUT2D eigenvalue weighted by atomic mass is 79.9. The molecule has 1 unspecified atom stereocenters. The van der Waals surface area contributed by atoms with Crippen molar-refractivity contribution in [2.75, 3.05) is 12.4 Å². The molecule has 0 heterocycles. The van der Waals surface area contributed by atoms with Crippen molar-refractivity contribution in [3.8, 4) is 6.07 Å². The van der Waals surface area contributed by atoms with Crippen LogP contribution in [-0.2, 0) is 9.53 Å². The standard InChI is InChI=1S/C14H16BrFN2O2/c1-8(2)6-11(14(19)20-3)18-10-5-4-9(7-17)12(15)13(10)16/h4-5,8,11,18H,6H2,1-3H3. The minimum absolute atomic E-state index is 0.0816. The number of carbonyl (C=O) groups is 1. The van der Waals surface area contributed by atoms with Crippen molar-refractivity contribution >= 4 is 27.6 Å². The Morgan fingerprint density at radius 2 is 2.20 bits per heavy atom. The molecule has 0 bridgehead atoms. The average molecular weight is 343 g/mol. The lowest BCUT2D eigenvalue weighted by Crippen LogP contribution is -2.32. The van der Waals surface area contributed by atoms with Crippen LogP contribution < -0.4 is 5.32 Å². The van der Waals surface area contributed by atoms with Crippen molar-refractivity contribution < 1.29 is 13.9 Å². The summed E-state index contributed by atoms with van der Waals surface area (Å²) in [6.45, 7) is 3.92. The number of nitriles is 1. The molecule has 0 saturated heterocycles. The van der Waals surface area contributed by atoms with E-state index in [1.807, 2.05) is 19.9 Å². The Labute approximate surface area is 126 Å². The van der Waals surface area contributed by atoms with Crippen LogP contribution in [0, 0.1) is 23.1 Å². The van der Waals surface area contributed by atoms with Crippen LogP contribution in [0.4, 0.5) is 10.1 Å². The van der Waals surface area contributed by atoms with Gasteiger partial charge in [0, 0.05) is 0 Å². The number of hydrogen-bond donors (Lipinski definition) is 1. The van der Waals surface area contributed by atoms with Crippen LogP contribution in [0.25, 0.3) is 0 Å². The molecule has 4 nitrogen and oxygen atoms in total. The Balaban J connectivity index is 3.03. The Morgan fingerprint density at radius 3 is 2.70 bits per heavy atom. The third-order valence-corrected chi connectivity index (χ3v) is 3.50. The number of carbonyl (C=O) groups excluding carboxylic acids is 1. The fourth-order valence-electron chi connectivity index (χ4n) is 1.76. The molecule has 20 heavy (non-hydrogen) atoms. The molecular weight excluding hydrogens is 327 g/mol. The van der Waals surface area contributed by atoms with E-state index in [-0.39, 0.29) is 21.6 Å².